The number of urea groups is 1. The van der Waals surface area contributed by atoms with Crippen LogP contribution in [0, 0.1) is 0 Å². The summed E-state index contributed by atoms with van der Waals surface area (Å²) in [5, 5.41) is 0. The van der Waals surface area contributed by atoms with E-state index in [1.165, 1.54) is 4.90 Å². The quantitative estimate of drug-likeness (QED) is 0.892. The minimum atomic E-state index is -0.490. The van der Waals surface area contributed by atoms with Crippen molar-refractivity contribution in [2.45, 2.75) is 37.6 Å². The zero-order valence-corrected chi connectivity index (χ0v) is 15.1. The summed E-state index contributed by atoms with van der Waals surface area (Å²) in [5.41, 5.74) is 7.57. The molecule has 0 bridgehead atoms. The van der Waals surface area contributed by atoms with Gasteiger partial charge in [0.05, 0.1) is 11.0 Å². The molecule has 138 valence electrons. The van der Waals surface area contributed by atoms with Gasteiger partial charge < -0.3 is 20.1 Å². The molecule has 2 N–H and O–H groups in total. The van der Waals surface area contributed by atoms with E-state index < -0.39 is 6.03 Å². The number of likely N-dealkylation sites (tertiary alicyclic amines) is 2. The number of piperidine rings is 1. The molecule has 7 heteroatoms. The molecule has 2 aliphatic heterocycles. The van der Waals surface area contributed by atoms with Gasteiger partial charge in [0, 0.05) is 32.6 Å². The Hall–Kier alpha value is -2.57. The van der Waals surface area contributed by atoms with E-state index in [1.807, 2.05) is 23.1 Å². The third-order valence-electron chi connectivity index (χ3n) is 5.81. The minimum Gasteiger partial charge on any atom is -0.351 e. The Balaban J connectivity index is 1.44. The molecule has 4 rings (SSSR count). The number of hydrogen-bond donors (Lipinski definition) is 1. The van der Waals surface area contributed by atoms with Crippen molar-refractivity contribution in [1.29, 1.82) is 0 Å². The van der Waals surface area contributed by atoms with Crippen LogP contribution in [0.1, 0.15) is 37.4 Å². The van der Waals surface area contributed by atoms with Gasteiger partial charge in [0.15, 0.2) is 0 Å². The Morgan fingerprint density at radius 1 is 1.12 bits per heavy atom. The fraction of sp³-hybridized carbons (Fsp3) is 0.526. The minimum absolute atomic E-state index is 0.0461. The maximum Gasteiger partial charge on any atom is 0.315 e. The number of nitrogens with two attached hydrogens (primary N) is 1. The molecule has 0 aliphatic carbocycles. The summed E-state index contributed by atoms with van der Waals surface area (Å²) < 4.78 is 2.17. The number of imidazole rings is 1. The van der Waals surface area contributed by atoms with Crippen molar-refractivity contribution in [3.8, 4) is 0 Å². The zero-order chi connectivity index (χ0) is 18.3. The molecule has 0 saturated carbocycles. The van der Waals surface area contributed by atoms with E-state index in [0.717, 1.165) is 36.1 Å². The number of carbonyl (C=O) groups is 2. The van der Waals surface area contributed by atoms with Crippen LogP contribution in [-0.4, -0.2) is 57.0 Å². The number of amides is 3. The summed E-state index contributed by atoms with van der Waals surface area (Å²) >= 11 is 0. The smallest absolute Gasteiger partial charge is 0.315 e. The van der Waals surface area contributed by atoms with E-state index in [0.29, 0.717) is 32.0 Å². The first-order valence-electron chi connectivity index (χ1n) is 9.32. The summed E-state index contributed by atoms with van der Waals surface area (Å²) in [6.07, 6.45) is 3.35. The maximum atomic E-state index is 12.8. The van der Waals surface area contributed by atoms with Gasteiger partial charge in [0.1, 0.15) is 11.9 Å². The van der Waals surface area contributed by atoms with Crippen LogP contribution in [-0.2, 0) is 11.8 Å². The van der Waals surface area contributed by atoms with Crippen LogP contribution in [0.4, 0.5) is 4.79 Å². The van der Waals surface area contributed by atoms with Crippen molar-refractivity contribution in [1.82, 2.24) is 19.4 Å². The average Bonchev–Trinajstić information content (AvgIpc) is 3.27. The van der Waals surface area contributed by atoms with Crippen molar-refractivity contribution in [3.05, 3.63) is 30.1 Å². The number of para-hydroxylation sites is 2. The summed E-state index contributed by atoms with van der Waals surface area (Å²) in [7, 11) is 2.06. The molecule has 0 spiro atoms. The SMILES string of the molecule is Cn1c(C2CCN(C(=O)[C@H]3CCCN3C(N)=O)CC2)nc2ccccc21. The van der Waals surface area contributed by atoms with Crippen molar-refractivity contribution >= 4 is 23.0 Å². The second kappa shape index (κ2) is 6.63. The van der Waals surface area contributed by atoms with E-state index in [-0.39, 0.29) is 11.9 Å². The van der Waals surface area contributed by atoms with Crippen molar-refractivity contribution < 1.29 is 9.59 Å². The molecule has 1 aromatic heterocycles. The van der Waals surface area contributed by atoms with Crippen LogP contribution in [0.3, 0.4) is 0 Å². The van der Waals surface area contributed by atoms with Crippen LogP contribution in [0.2, 0.25) is 0 Å². The van der Waals surface area contributed by atoms with Crippen molar-refractivity contribution in [2.75, 3.05) is 19.6 Å². The van der Waals surface area contributed by atoms with E-state index in [4.69, 9.17) is 10.7 Å². The summed E-state index contributed by atoms with van der Waals surface area (Å²) in [4.78, 5) is 32.6. The van der Waals surface area contributed by atoms with E-state index in [2.05, 4.69) is 17.7 Å². The Morgan fingerprint density at radius 2 is 1.85 bits per heavy atom. The van der Waals surface area contributed by atoms with E-state index in [9.17, 15) is 9.59 Å². The maximum absolute atomic E-state index is 12.8. The van der Waals surface area contributed by atoms with Crippen LogP contribution in [0.5, 0.6) is 0 Å². The highest BCUT2D eigenvalue weighted by atomic mass is 16.2. The molecule has 3 amide bonds. The predicted molar refractivity (Wildman–Crippen MR) is 98.6 cm³/mol. The largest absolute Gasteiger partial charge is 0.351 e. The number of benzene rings is 1. The third kappa shape index (κ3) is 2.81. The van der Waals surface area contributed by atoms with E-state index in [1.54, 1.807) is 0 Å². The topological polar surface area (TPSA) is 84.5 Å². The lowest BCUT2D eigenvalue weighted by Crippen LogP contribution is -2.51. The summed E-state index contributed by atoms with van der Waals surface area (Å²) in [6.45, 7) is 1.99. The Kier molecular flexibility index (Phi) is 4.30. The highest BCUT2D eigenvalue weighted by Gasteiger charge is 2.37. The monoisotopic (exact) mass is 355 g/mol. The van der Waals surface area contributed by atoms with Gasteiger partial charge in [0.25, 0.3) is 0 Å². The lowest BCUT2D eigenvalue weighted by Gasteiger charge is -2.35. The first-order valence-corrected chi connectivity index (χ1v) is 9.32. The fourth-order valence-corrected chi connectivity index (χ4v) is 4.39. The molecule has 0 radical (unpaired) electrons. The van der Waals surface area contributed by atoms with Crippen molar-refractivity contribution in [3.63, 3.8) is 0 Å². The van der Waals surface area contributed by atoms with Crippen LogP contribution in [0.15, 0.2) is 24.3 Å². The number of aryl methyl sites for hydroxylation is 1. The van der Waals surface area contributed by atoms with Crippen LogP contribution >= 0.6 is 0 Å². The van der Waals surface area contributed by atoms with Gasteiger partial charge in [-0.05, 0) is 37.8 Å². The fourth-order valence-electron chi connectivity index (χ4n) is 4.39. The molecule has 2 fully saturated rings. The lowest BCUT2D eigenvalue weighted by molar-refractivity contribution is -0.136. The highest BCUT2D eigenvalue weighted by molar-refractivity contribution is 5.87. The molecule has 7 nitrogen and oxygen atoms in total. The molecule has 2 saturated heterocycles. The lowest BCUT2D eigenvalue weighted by atomic mass is 9.95. The van der Waals surface area contributed by atoms with Crippen molar-refractivity contribution in [2.24, 2.45) is 12.8 Å². The van der Waals surface area contributed by atoms with Gasteiger partial charge in [-0.3, -0.25) is 4.79 Å². The molecule has 1 atom stereocenters. The average molecular weight is 355 g/mol. The first kappa shape index (κ1) is 16.9. The molecular weight excluding hydrogens is 330 g/mol. The Morgan fingerprint density at radius 3 is 2.54 bits per heavy atom. The molecule has 3 heterocycles. The summed E-state index contributed by atoms with van der Waals surface area (Å²) in [5.74, 6) is 1.50. The zero-order valence-electron chi connectivity index (χ0n) is 15.1. The molecule has 2 aromatic rings. The number of primary amides is 1. The van der Waals surface area contributed by atoms with Gasteiger partial charge in [-0.15, -0.1) is 0 Å². The molecule has 26 heavy (non-hydrogen) atoms. The van der Waals surface area contributed by atoms with Gasteiger partial charge in [-0.25, -0.2) is 9.78 Å². The Bertz CT molecular complexity index is 838. The number of rotatable bonds is 2. The number of nitrogens with zero attached hydrogens (tertiary/aromatic N) is 4. The van der Waals surface area contributed by atoms with Gasteiger partial charge >= 0.3 is 6.03 Å². The standard InChI is InChI=1S/C19H25N5O2/c1-22-15-6-3-2-5-14(15)21-17(22)13-8-11-23(12-9-13)18(25)16-7-4-10-24(16)19(20)26/h2-3,5-6,13,16H,4,7-12H2,1H3,(H2,20,26)/t16-/m1/s1. The van der Waals surface area contributed by atoms with Gasteiger partial charge in [-0.2, -0.15) is 0 Å². The van der Waals surface area contributed by atoms with Crippen LogP contribution < -0.4 is 5.73 Å². The first-order chi connectivity index (χ1) is 12.6. The third-order valence-corrected chi connectivity index (χ3v) is 5.81. The highest BCUT2D eigenvalue weighted by Crippen LogP contribution is 2.30. The predicted octanol–water partition coefficient (Wildman–Crippen LogP) is 1.82. The number of carbonyl (C=O) groups excluding carboxylic acids is 2. The number of fused-ring (bicyclic) bond motifs is 1. The van der Waals surface area contributed by atoms with Crippen LogP contribution in [0.25, 0.3) is 11.0 Å². The summed E-state index contributed by atoms with van der Waals surface area (Å²) in [6, 6.07) is 7.29. The van der Waals surface area contributed by atoms with Gasteiger partial charge in [0.2, 0.25) is 5.91 Å². The number of aromatic nitrogens is 2. The van der Waals surface area contributed by atoms with Gasteiger partial charge in [-0.1, -0.05) is 12.1 Å². The normalized spacial score (nSPS) is 21.5. The second-order valence-electron chi connectivity index (χ2n) is 7.31. The Labute approximate surface area is 152 Å². The molecule has 2 aliphatic rings. The number of hydrogen-bond acceptors (Lipinski definition) is 3. The van der Waals surface area contributed by atoms with E-state index >= 15 is 0 Å². The second-order valence-corrected chi connectivity index (χ2v) is 7.31. The molecular formula is C19H25N5O2. The molecule has 1 aromatic carbocycles. The molecule has 0 unspecified atom stereocenters.